The molecule has 0 aliphatic rings. The smallest absolute Gasteiger partial charge is 0.316 e. The minimum atomic E-state index is 0.160. The standard InChI is InChI=1S/C10H17N3O/c1-3-4-8(2)14-10-12-6-5-9(7-11)13-10/h5-6,8H,3-4,7,11H2,1-2H3. The van der Waals surface area contributed by atoms with Crippen molar-refractivity contribution in [2.45, 2.75) is 39.3 Å². The highest BCUT2D eigenvalue weighted by molar-refractivity contribution is 5.05. The van der Waals surface area contributed by atoms with E-state index in [2.05, 4.69) is 16.9 Å². The summed E-state index contributed by atoms with van der Waals surface area (Å²) in [7, 11) is 0. The van der Waals surface area contributed by atoms with Crippen molar-refractivity contribution in [3.8, 4) is 6.01 Å². The van der Waals surface area contributed by atoms with Gasteiger partial charge in [-0.2, -0.15) is 4.98 Å². The van der Waals surface area contributed by atoms with E-state index in [-0.39, 0.29) is 6.10 Å². The lowest BCUT2D eigenvalue weighted by Crippen LogP contribution is -2.13. The molecule has 4 nitrogen and oxygen atoms in total. The van der Waals surface area contributed by atoms with Crippen LogP contribution < -0.4 is 10.5 Å². The average Bonchev–Trinajstić information content (AvgIpc) is 2.18. The summed E-state index contributed by atoms with van der Waals surface area (Å²) in [6.07, 6.45) is 3.94. The van der Waals surface area contributed by atoms with Crippen LogP contribution in [0, 0.1) is 0 Å². The largest absolute Gasteiger partial charge is 0.460 e. The molecule has 0 radical (unpaired) electrons. The molecule has 0 saturated carbocycles. The Kier molecular flexibility index (Phi) is 4.32. The predicted molar refractivity (Wildman–Crippen MR) is 54.9 cm³/mol. The minimum Gasteiger partial charge on any atom is -0.460 e. The molecule has 78 valence electrons. The van der Waals surface area contributed by atoms with Crippen LogP contribution in [0.3, 0.4) is 0 Å². The monoisotopic (exact) mass is 195 g/mol. The molecule has 0 saturated heterocycles. The summed E-state index contributed by atoms with van der Waals surface area (Å²) < 4.78 is 5.52. The molecule has 1 unspecified atom stereocenters. The first-order valence-corrected chi connectivity index (χ1v) is 4.95. The highest BCUT2D eigenvalue weighted by atomic mass is 16.5. The van der Waals surface area contributed by atoms with Gasteiger partial charge in [-0.25, -0.2) is 4.98 Å². The van der Waals surface area contributed by atoms with E-state index in [4.69, 9.17) is 10.5 Å². The van der Waals surface area contributed by atoms with Crippen molar-refractivity contribution in [3.63, 3.8) is 0 Å². The van der Waals surface area contributed by atoms with Gasteiger partial charge in [0.15, 0.2) is 0 Å². The molecule has 0 aliphatic carbocycles. The van der Waals surface area contributed by atoms with Crippen LogP contribution in [0.2, 0.25) is 0 Å². The molecule has 0 bridgehead atoms. The van der Waals surface area contributed by atoms with Crippen LogP contribution in [0.25, 0.3) is 0 Å². The molecule has 1 atom stereocenters. The first-order chi connectivity index (χ1) is 6.76. The maximum absolute atomic E-state index is 5.52. The Morgan fingerprint density at radius 3 is 3.00 bits per heavy atom. The van der Waals surface area contributed by atoms with Gasteiger partial charge in [0.05, 0.1) is 11.8 Å². The topological polar surface area (TPSA) is 61.0 Å². The summed E-state index contributed by atoms with van der Waals surface area (Å²) in [5.41, 5.74) is 6.27. The van der Waals surface area contributed by atoms with Crippen molar-refractivity contribution in [1.29, 1.82) is 0 Å². The molecule has 0 spiro atoms. The summed E-state index contributed by atoms with van der Waals surface area (Å²) in [5, 5.41) is 0. The zero-order valence-electron chi connectivity index (χ0n) is 8.73. The van der Waals surface area contributed by atoms with Crippen LogP contribution >= 0.6 is 0 Å². The molecule has 0 aliphatic heterocycles. The summed E-state index contributed by atoms with van der Waals surface area (Å²) in [4.78, 5) is 8.18. The number of nitrogens with zero attached hydrogens (tertiary/aromatic N) is 2. The van der Waals surface area contributed by atoms with Crippen molar-refractivity contribution >= 4 is 0 Å². The van der Waals surface area contributed by atoms with Crippen molar-refractivity contribution in [2.75, 3.05) is 0 Å². The summed E-state index contributed by atoms with van der Waals surface area (Å²) in [6, 6.07) is 2.21. The number of nitrogens with two attached hydrogens (primary N) is 1. The van der Waals surface area contributed by atoms with E-state index < -0.39 is 0 Å². The Labute approximate surface area is 84.5 Å². The van der Waals surface area contributed by atoms with Gasteiger partial charge in [-0.1, -0.05) is 13.3 Å². The molecular formula is C10H17N3O. The van der Waals surface area contributed by atoms with Crippen LogP contribution in [0.15, 0.2) is 12.3 Å². The van der Waals surface area contributed by atoms with Crippen molar-refractivity contribution in [2.24, 2.45) is 5.73 Å². The van der Waals surface area contributed by atoms with Crippen molar-refractivity contribution < 1.29 is 4.74 Å². The Morgan fingerprint density at radius 2 is 2.36 bits per heavy atom. The lowest BCUT2D eigenvalue weighted by atomic mass is 10.2. The second kappa shape index (κ2) is 5.54. The Bertz CT molecular complexity index is 278. The van der Waals surface area contributed by atoms with Crippen molar-refractivity contribution in [3.05, 3.63) is 18.0 Å². The maximum Gasteiger partial charge on any atom is 0.316 e. The van der Waals surface area contributed by atoms with E-state index in [1.54, 1.807) is 12.3 Å². The quantitative estimate of drug-likeness (QED) is 0.773. The highest BCUT2D eigenvalue weighted by Crippen LogP contribution is 2.08. The molecular weight excluding hydrogens is 178 g/mol. The van der Waals surface area contributed by atoms with Gasteiger partial charge in [-0.15, -0.1) is 0 Å². The molecule has 0 fully saturated rings. The molecule has 1 aromatic heterocycles. The van der Waals surface area contributed by atoms with Crippen molar-refractivity contribution in [1.82, 2.24) is 9.97 Å². The van der Waals surface area contributed by atoms with Crippen LogP contribution in [-0.4, -0.2) is 16.1 Å². The summed E-state index contributed by atoms with van der Waals surface area (Å²) in [6.45, 7) is 4.56. The predicted octanol–water partition coefficient (Wildman–Crippen LogP) is 1.50. The molecule has 1 heterocycles. The van der Waals surface area contributed by atoms with Crippen LogP contribution in [0.4, 0.5) is 0 Å². The number of rotatable bonds is 5. The fraction of sp³-hybridized carbons (Fsp3) is 0.600. The molecule has 2 N–H and O–H groups in total. The second-order valence-corrected chi connectivity index (χ2v) is 3.25. The summed E-state index contributed by atoms with van der Waals surface area (Å²) >= 11 is 0. The van der Waals surface area contributed by atoms with Gasteiger partial charge in [0.25, 0.3) is 0 Å². The molecule has 1 rings (SSSR count). The first kappa shape index (κ1) is 10.9. The van der Waals surface area contributed by atoms with Gasteiger partial charge in [0, 0.05) is 12.7 Å². The first-order valence-electron chi connectivity index (χ1n) is 4.95. The number of ether oxygens (including phenoxy) is 1. The third kappa shape index (κ3) is 3.30. The van der Waals surface area contributed by atoms with E-state index in [0.29, 0.717) is 12.6 Å². The highest BCUT2D eigenvalue weighted by Gasteiger charge is 2.05. The van der Waals surface area contributed by atoms with E-state index in [0.717, 1.165) is 18.5 Å². The minimum absolute atomic E-state index is 0.160. The summed E-state index contributed by atoms with van der Waals surface area (Å²) in [5.74, 6) is 0. The van der Waals surface area contributed by atoms with Crippen LogP contribution in [0.1, 0.15) is 32.4 Å². The molecule has 0 aromatic carbocycles. The number of hydrogen-bond donors (Lipinski definition) is 1. The lowest BCUT2D eigenvalue weighted by molar-refractivity contribution is 0.192. The number of hydrogen-bond acceptors (Lipinski definition) is 4. The average molecular weight is 195 g/mol. The fourth-order valence-corrected chi connectivity index (χ4v) is 1.19. The fourth-order valence-electron chi connectivity index (χ4n) is 1.19. The third-order valence-corrected chi connectivity index (χ3v) is 1.90. The van der Waals surface area contributed by atoms with E-state index in [1.165, 1.54) is 0 Å². The molecule has 0 amide bonds. The zero-order chi connectivity index (χ0) is 10.4. The third-order valence-electron chi connectivity index (χ3n) is 1.90. The Morgan fingerprint density at radius 1 is 1.57 bits per heavy atom. The van der Waals surface area contributed by atoms with Gasteiger partial charge in [0.2, 0.25) is 0 Å². The maximum atomic E-state index is 5.52. The lowest BCUT2D eigenvalue weighted by Gasteiger charge is -2.11. The van der Waals surface area contributed by atoms with E-state index >= 15 is 0 Å². The molecule has 14 heavy (non-hydrogen) atoms. The number of aromatic nitrogens is 2. The van der Waals surface area contributed by atoms with Gasteiger partial charge >= 0.3 is 6.01 Å². The van der Waals surface area contributed by atoms with Gasteiger partial charge in [0.1, 0.15) is 0 Å². The van der Waals surface area contributed by atoms with Crippen LogP contribution in [-0.2, 0) is 6.54 Å². The normalized spacial score (nSPS) is 12.5. The van der Waals surface area contributed by atoms with Gasteiger partial charge < -0.3 is 10.5 Å². The Hall–Kier alpha value is -1.16. The van der Waals surface area contributed by atoms with E-state index in [9.17, 15) is 0 Å². The Balaban J connectivity index is 2.57. The second-order valence-electron chi connectivity index (χ2n) is 3.25. The SMILES string of the molecule is CCCC(C)Oc1nccc(CN)n1. The van der Waals surface area contributed by atoms with Gasteiger partial charge in [-0.3, -0.25) is 0 Å². The van der Waals surface area contributed by atoms with Crippen LogP contribution in [0.5, 0.6) is 6.01 Å². The van der Waals surface area contributed by atoms with Gasteiger partial charge in [-0.05, 0) is 19.4 Å². The zero-order valence-corrected chi connectivity index (χ0v) is 8.73. The molecule has 4 heteroatoms. The molecule has 1 aromatic rings. The van der Waals surface area contributed by atoms with E-state index in [1.807, 2.05) is 6.92 Å².